The van der Waals surface area contributed by atoms with E-state index in [1.54, 1.807) is 11.8 Å². The monoisotopic (exact) mass is 310 g/mol. The lowest BCUT2D eigenvalue weighted by atomic mass is 10.2. The average molecular weight is 311 g/mol. The zero-order valence-electron chi connectivity index (χ0n) is 9.67. The summed E-state index contributed by atoms with van der Waals surface area (Å²) in [6.45, 7) is 0. The van der Waals surface area contributed by atoms with Crippen molar-refractivity contribution in [2.75, 3.05) is 17.3 Å². The molecule has 18 heavy (non-hydrogen) atoms. The number of halogens is 3. The molecular weight excluding hydrogens is 298 g/mol. The molecule has 0 heterocycles. The third kappa shape index (κ3) is 4.31. The van der Waals surface area contributed by atoms with Crippen LogP contribution in [0.5, 0.6) is 0 Å². The Morgan fingerprint density at radius 1 is 1.50 bits per heavy atom. The van der Waals surface area contributed by atoms with Gasteiger partial charge in [-0.25, -0.2) is 4.39 Å². The molecule has 0 unspecified atom stereocenters. The number of thioether (sulfide) groups is 1. The molecule has 100 valence electrons. The van der Waals surface area contributed by atoms with Crippen LogP contribution >= 0.6 is 35.0 Å². The molecule has 0 saturated heterocycles. The zero-order valence-corrected chi connectivity index (χ0v) is 12.0. The largest absolute Gasteiger partial charge is 0.325 e. The average Bonchev–Trinajstić information content (AvgIpc) is 2.32. The van der Waals surface area contributed by atoms with Crippen molar-refractivity contribution in [1.29, 1.82) is 0 Å². The highest BCUT2D eigenvalue weighted by Gasteiger charge is 2.15. The molecule has 7 heteroatoms. The molecule has 3 nitrogen and oxygen atoms in total. The third-order valence-electron chi connectivity index (χ3n) is 2.22. The van der Waals surface area contributed by atoms with Gasteiger partial charge >= 0.3 is 0 Å². The summed E-state index contributed by atoms with van der Waals surface area (Å²) in [7, 11) is 0. The van der Waals surface area contributed by atoms with Crippen molar-refractivity contribution in [1.82, 2.24) is 0 Å². The van der Waals surface area contributed by atoms with Crippen LogP contribution in [0.15, 0.2) is 12.1 Å². The number of carbonyl (C=O) groups excluding carboxylic acids is 1. The summed E-state index contributed by atoms with van der Waals surface area (Å²) in [5.41, 5.74) is 6.02. The van der Waals surface area contributed by atoms with E-state index in [4.69, 9.17) is 28.9 Å². The molecule has 1 amide bonds. The van der Waals surface area contributed by atoms with Crippen LogP contribution in [-0.4, -0.2) is 24.0 Å². The van der Waals surface area contributed by atoms with Crippen molar-refractivity contribution in [3.8, 4) is 0 Å². The van der Waals surface area contributed by atoms with E-state index in [0.29, 0.717) is 12.1 Å². The van der Waals surface area contributed by atoms with Crippen LogP contribution < -0.4 is 11.1 Å². The van der Waals surface area contributed by atoms with E-state index in [1.165, 1.54) is 12.1 Å². The topological polar surface area (TPSA) is 55.1 Å². The van der Waals surface area contributed by atoms with Crippen LogP contribution in [0, 0.1) is 5.82 Å². The molecule has 1 aromatic rings. The molecule has 0 spiro atoms. The lowest BCUT2D eigenvalue weighted by Crippen LogP contribution is -2.36. The van der Waals surface area contributed by atoms with Crippen LogP contribution in [0.3, 0.4) is 0 Å². The summed E-state index contributed by atoms with van der Waals surface area (Å²) in [5.74, 6) is -0.259. The van der Waals surface area contributed by atoms with Gasteiger partial charge in [0.05, 0.1) is 16.1 Å². The molecule has 0 aromatic heterocycles. The quantitative estimate of drug-likeness (QED) is 0.821. The molecule has 0 saturated carbocycles. The predicted molar refractivity (Wildman–Crippen MR) is 76.0 cm³/mol. The van der Waals surface area contributed by atoms with E-state index in [2.05, 4.69) is 5.32 Å². The predicted octanol–water partition coefficient (Wildman–Crippen LogP) is 3.15. The van der Waals surface area contributed by atoms with E-state index in [0.717, 1.165) is 5.75 Å². The van der Waals surface area contributed by atoms with Gasteiger partial charge in [-0.15, -0.1) is 0 Å². The Balaban J connectivity index is 2.70. The molecule has 1 atom stereocenters. The number of hydrogen-bond acceptors (Lipinski definition) is 3. The fraction of sp³-hybridized carbons (Fsp3) is 0.364. The zero-order chi connectivity index (χ0) is 13.7. The molecule has 0 aliphatic heterocycles. The first-order chi connectivity index (χ1) is 8.45. The molecule has 1 aromatic carbocycles. The van der Waals surface area contributed by atoms with Crippen molar-refractivity contribution >= 4 is 46.6 Å². The Kier molecular flexibility index (Phi) is 6.21. The standard InChI is InChI=1S/C11H13Cl2FN2OS/c1-18-3-2-9(15)11(17)16-6-4-7(12)10(14)8(13)5-6/h4-5,9H,2-3,15H2,1H3,(H,16,17)/t9-/m0/s1. The first-order valence-electron chi connectivity index (χ1n) is 5.15. The van der Waals surface area contributed by atoms with Crippen molar-refractivity contribution in [3.63, 3.8) is 0 Å². The van der Waals surface area contributed by atoms with Crippen molar-refractivity contribution in [3.05, 3.63) is 28.0 Å². The number of benzene rings is 1. The van der Waals surface area contributed by atoms with E-state index in [-0.39, 0.29) is 16.0 Å². The summed E-state index contributed by atoms with van der Waals surface area (Å²) in [5, 5.41) is 2.26. The van der Waals surface area contributed by atoms with Gasteiger partial charge in [-0.2, -0.15) is 11.8 Å². The Bertz CT molecular complexity index is 422. The fourth-order valence-corrected chi connectivity index (χ4v) is 2.22. The van der Waals surface area contributed by atoms with Crippen LogP contribution in [0.1, 0.15) is 6.42 Å². The van der Waals surface area contributed by atoms with Crippen LogP contribution in [0.2, 0.25) is 10.0 Å². The van der Waals surface area contributed by atoms with Gasteiger partial charge in [-0.1, -0.05) is 23.2 Å². The summed E-state index contributed by atoms with van der Waals surface area (Å²) in [6, 6.07) is 1.98. The molecule has 1 rings (SSSR count). The molecule has 0 aliphatic carbocycles. The maximum Gasteiger partial charge on any atom is 0.241 e. The number of amides is 1. The van der Waals surface area contributed by atoms with Crippen molar-refractivity contribution in [2.45, 2.75) is 12.5 Å². The second kappa shape index (κ2) is 7.19. The Morgan fingerprint density at radius 3 is 2.56 bits per heavy atom. The van der Waals surface area contributed by atoms with Gasteiger partial charge in [0, 0.05) is 5.69 Å². The highest BCUT2D eigenvalue weighted by Crippen LogP contribution is 2.27. The van der Waals surface area contributed by atoms with Gasteiger partial charge in [-0.05, 0) is 30.6 Å². The summed E-state index contributed by atoms with van der Waals surface area (Å²) in [6.07, 6.45) is 2.50. The molecule has 0 bridgehead atoms. The third-order valence-corrected chi connectivity index (χ3v) is 3.42. The number of anilines is 1. The number of nitrogens with two attached hydrogens (primary N) is 1. The van der Waals surface area contributed by atoms with Crippen molar-refractivity contribution < 1.29 is 9.18 Å². The van der Waals surface area contributed by atoms with Gasteiger partial charge in [0.15, 0.2) is 5.82 Å². The Morgan fingerprint density at radius 2 is 2.06 bits per heavy atom. The van der Waals surface area contributed by atoms with E-state index >= 15 is 0 Å². The number of nitrogens with one attached hydrogen (secondary N) is 1. The number of rotatable bonds is 5. The molecular formula is C11H13Cl2FN2OS. The lowest BCUT2D eigenvalue weighted by Gasteiger charge is -2.12. The minimum absolute atomic E-state index is 0.143. The summed E-state index contributed by atoms with van der Waals surface area (Å²) < 4.78 is 13.2. The minimum Gasteiger partial charge on any atom is -0.325 e. The number of hydrogen-bond donors (Lipinski definition) is 2. The van der Waals surface area contributed by atoms with Gasteiger partial charge in [0.1, 0.15) is 0 Å². The normalized spacial score (nSPS) is 12.3. The van der Waals surface area contributed by atoms with Gasteiger partial charge < -0.3 is 11.1 Å². The van der Waals surface area contributed by atoms with Gasteiger partial charge in [0.25, 0.3) is 0 Å². The van der Waals surface area contributed by atoms with E-state index < -0.39 is 11.9 Å². The highest BCUT2D eigenvalue weighted by molar-refractivity contribution is 7.98. The lowest BCUT2D eigenvalue weighted by molar-refractivity contribution is -0.117. The molecule has 0 fully saturated rings. The Hall–Kier alpha value is -0.490. The first kappa shape index (κ1) is 15.6. The van der Waals surface area contributed by atoms with Gasteiger partial charge in [0.2, 0.25) is 5.91 Å². The second-order valence-corrected chi connectivity index (χ2v) is 5.43. The van der Waals surface area contributed by atoms with Crippen molar-refractivity contribution in [2.24, 2.45) is 5.73 Å². The van der Waals surface area contributed by atoms with E-state index in [1.807, 2.05) is 6.26 Å². The van der Waals surface area contributed by atoms with Crippen LogP contribution in [0.25, 0.3) is 0 Å². The number of carbonyl (C=O) groups is 1. The maximum absolute atomic E-state index is 13.2. The summed E-state index contributed by atoms with van der Waals surface area (Å²) in [4.78, 5) is 11.7. The van der Waals surface area contributed by atoms with Gasteiger partial charge in [-0.3, -0.25) is 4.79 Å². The SMILES string of the molecule is CSCC[C@H](N)C(=O)Nc1cc(Cl)c(F)c(Cl)c1. The summed E-state index contributed by atoms with van der Waals surface area (Å²) >= 11 is 12.8. The first-order valence-corrected chi connectivity index (χ1v) is 7.30. The van der Waals surface area contributed by atoms with Crippen LogP contribution in [-0.2, 0) is 4.79 Å². The molecule has 0 radical (unpaired) electrons. The Labute approximate surface area is 119 Å². The van der Waals surface area contributed by atoms with Crippen LogP contribution in [0.4, 0.5) is 10.1 Å². The maximum atomic E-state index is 13.2. The second-order valence-electron chi connectivity index (χ2n) is 3.63. The minimum atomic E-state index is -0.706. The highest BCUT2D eigenvalue weighted by atomic mass is 35.5. The molecule has 3 N–H and O–H groups in total. The molecule has 0 aliphatic rings. The van der Waals surface area contributed by atoms with E-state index in [9.17, 15) is 9.18 Å². The fourth-order valence-electron chi connectivity index (χ4n) is 1.24. The smallest absolute Gasteiger partial charge is 0.241 e.